The summed E-state index contributed by atoms with van der Waals surface area (Å²) in [6.45, 7) is 0. The molecule has 2 rings (SSSR count). The molecule has 0 saturated heterocycles. The second kappa shape index (κ2) is 2.64. The molecule has 0 aliphatic heterocycles. The molecule has 4 heteroatoms. The summed E-state index contributed by atoms with van der Waals surface area (Å²) in [5, 5.41) is 7.34. The maximum absolute atomic E-state index is 10.8. The Balaban J connectivity index is 2.68. The van der Waals surface area contributed by atoms with Gasteiger partial charge in [-0.25, -0.2) is 0 Å². The van der Waals surface area contributed by atoms with Gasteiger partial charge in [0, 0.05) is 10.9 Å². The monoisotopic (exact) mass is 178 g/mol. The Hall–Kier alpha value is -1.29. The fraction of sp³-hybridized carbons (Fsp3) is 0. The molecule has 2 aromatic rings. The van der Waals surface area contributed by atoms with E-state index < -0.39 is 0 Å². The highest BCUT2D eigenvalue weighted by Crippen LogP contribution is 2.13. The minimum absolute atomic E-state index is 0.224. The number of benzene rings is 1. The Morgan fingerprint density at radius 3 is 3.08 bits per heavy atom. The first kappa shape index (κ1) is 7.36. The van der Waals surface area contributed by atoms with E-state index in [1.54, 1.807) is 18.3 Å². The van der Waals surface area contributed by atoms with Crippen LogP contribution in [0.1, 0.15) is 10.4 Å². The Morgan fingerprint density at radius 2 is 2.33 bits per heavy atom. The van der Waals surface area contributed by atoms with Crippen LogP contribution in [0.2, 0.25) is 0 Å². The van der Waals surface area contributed by atoms with Crippen molar-refractivity contribution < 1.29 is 4.79 Å². The van der Waals surface area contributed by atoms with E-state index in [-0.39, 0.29) is 5.12 Å². The van der Waals surface area contributed by atoms with Gasteiger partial charge >= 0.3 is 0 Å². The maximum atomic E-state index is 10.8. The van der Waals surface area contributed by atoms with Gasteiger partial charge in [-0.2, -0.15) is 5.10 Å². The van der Waals surface area contributed by atoms with Gasteiger partial charge in [0.1, 0.15) is 0 Å². The quantitative estimate of drug-likeness (QED) is 0.652. The minimum atomic E-state index is -0.224. The van der Waals surface area contributed by atoms with Gasteiger partial charge in [0.2, 0.25) is 5.12 Å². The number of nitrogens with zero attached hydrogens (tertiary/aromatic N) is 1. The summed E-state index contributed by atoms with van der Waals surface area (Å²) < 4.78 is 0. The van der Waals surface area contributed by atoms with Crippen molar-refractivity contribution in [2.75, 3.05) is 0 Å². The number of hydrogen-bond acceptors (Lipinski definition) is 2. The van der Waals surface area contributed by atoms with Gasteiger partial charge in [0.15, 0.2) is 0 Å². The second-order valence-electron chi connectivity index (χ2n) is 2.48. The van der Waals surface area contributed by atoms with Crippen LogP contribution >= 0.6 is 12.6 Å². The summed E-state index contributed by atoms with van der Waals surface area (Å²) in [4.78, 5) is 10.8. The van der Waals surface area contributed by atoms with Crippen LogP contribution in [0, 0.1) is 0 Å². The molecule has 1 N–H and O–H groups in total. The topological polar surface area (TPSA) is 45.8 Å². The van der Waals surface area contributed by atoms with E-state index >= 15 is 0 Å². The van der Waals surface area contributed by atoms with Crippen LogP contribution in [0.5, 0.6) is 0 Å². The van der Waals surface area contributed by atoms with Crippen LogP contribution in [0.15, 0.2) is 24.4 Å². The zero-order valence-electron chi connectivity index (χ0n) is 6.11. The number of hydrogen-bond donors (Lipinski definition) is 2. The van der Waals surface area contributed by atoms with Crippen molar-refractivity contribution in [1.82, 2.24) is 10.2 Å². The molecule has 0 unspecified atom stereocenters. The van der Waals surface area contributed by atoms with Gasteiger partial charge in [0.25, 0.3) is 0 Å². The van der Waals surface area contributed by atoms with Crippen LogP contribution in [-0.4, -0.2) is 15.3 Å². The molecular formula is C8H6N2OS. The summed E-state index contributed by atoms with van der Waals surface area (Å²) in [5.74, 6) is 0. The molecule has 0 saturated carbocycles. The highest BCUT2D eigenvalue weighted by Gasteiger charge is 2.01. The molecule has 1 aromatic carbocycles. The highest BCUT2D eigenvalue weighted by molar-refractivity contribution is 7.97. The van der Waals surface area contributed by atoms with Crippen LogP contribution in [-0.2, 0) is 0 Å². The number of rotatable bonds is 1. The number of fused-ring (bicyclic) bond motifs is 1. The molecule has 1 heterocycles. The van der Waals surface area contributed by atoms with Crippen molar-refractivity contribution >= 4 is 28.6 Å². The van der Waals surface area contributed by atoms with E-state index in [0.29, 0.717) is 5.56 Å². The lowest BCUT2D eigenvalue weighted by Gasteiger charge is -1.92. The molecule has 1 aromatic heterocycles. The molecular weight excluding hydrogens is 172 g/mol. The summed E-state index contributed by atoms with van der Waals surface area (Å²) >= 11 is 3.72. The van der Waals surface area contributed by atoms with Crippen LogP contribution in [0.4, 0.5) is 0 Å². The maximum Gasteiger partial charge on any atom is 0.216 e. The first-order valence-electron chi connectivity index (χ1n) is 3.44. The van der Waals surface area contributed by atoms with Crippen LogP contribution in [0.3, 0.4) is 0 Å². The number of carbonyl (C=O) groups is 1. The predicted octanol–water partition coefficient (Wildman–Crippen LogP) is 1.63. The van der Waals surface area contributed by atoms with Crippen molar-refractivity contribution in [3.05, 3.63) is 30.0 Å². The summed E-state index contributed by atoms with van der Waals surface area (Å²) in [5.41, 5.74) is 1.51. The number of thiol groups is 1. The van der Waals surface area contributed by atoms with E-state index in [4.69, 9.17) is 0 Å². The number of carbonyl (C=O) groups excluding carboxylic acids is 1. The SMILES string of the molecule is O=C(S)c1ccc2[nH]ncc2c1. The molecule has 0 amide bonds. The first-order chi connectivity index (χ1) is 5.77. The minimum Gasteiger partial charge on any atom is -0.282 e. The molecule has 0 radical (unpaired) electrons. The molecule has 0 spiro atoms. The lowest BCUT2D eigenvalue weighted by Crippen LogP contribution is -1.86. The second-order valence-corrected chi connectivity index (χ2v) is 2.88. The Morgan fingerprint density at radius 1 is 1.50 bits per heavy atom. The largest absolute Gasteiger partial charge is 0.282 e. The lowest BCUT2D eigenvalue weighted by molar-refractivity contribution is 0.109. The summed E-state index contributed by atoms with van der Waals surface area (Å²) in [6.07, 6.45) is 1.68. The molecule has 0 bridgehead atoms. The number of aromatic nitrogens is 2. The lowest BCUT2D eigenvalue weighted by atomic mass is 10.2. The van der Waals surface area contributed by atoms with Crippen molar-refractivity contribution in [2.24, 2.45) is 0 Å². The third-order valence-electron chi connectivity index (χ3n) is 1.69. The van der Waals surface area contributed by atoms with Gasteiger partial charge in [-0.05, 0) is 18.2 Å². The summed E-state index contributed by atoms with van der Waals surface area (Å²) in [7, 11) is 0. The summed E-state index contributed by atoms with van der Waals surface area (Å²) in [6, 6.07) is 5.29. The average molecular weight is 178 g/mol. The van der Waals surface area contributed by atoms with E-state index in [9.17, 15) is 4.79 Å². The number of nitrogens with one attached hydrogen (secondary N) is 1. The van der Waals surface area contributed by atoms with Crippen molar-refractivity contribution in [2.45, 2.75) is 0 Å². The molecule has 3 nitrogen and oxygen atoms in total. The third-order valence-corrected chi connectivity index (χ3v) is 1.95. The van der Waals surface area contributed by atoms with Gasteiger partial charge in [0.05, 0.1) is 11.7 Å². The van der Waals surface area contributed by atoms with E-state index in [1.165, 1.54) is 0 Å². The first-order valence-corrected chi connectivity index (χ1v) is 3.88. The zero-order chi connectivity index (χ0) is 8.55. The molecule has 0 aliphatic rings. The van der Waals surface area contributed by atoms with E-state index in [1.807, 2.05) is 6.07 Å². The molecule has 60 valence electrons. The fourth-order valence-corrected chi connectivity index (χ4v) is 1.21. The number of aromatic amines is 1. The van der Waals surface area contributed by atoms with Gasteiger partial charge in [-0.15, -0.1) is 12.6 Å². The highest BCUT2D eigenvalue weighted by atomic mass is 32.1. The van der Waals surface area contributed by atoms with Gasteiger partial charge < -0.3 is 0 Å². The van der Waals surface area contributed by atoms with Crippen LogP contribution < -0.4 is 0 Å². The molecule has 0 atom stereocenters. The Labute approximate surface area is 74.2 Å². The van der Waals surface area contributed by atoms with Crippen molar-refractivity contribution in [3.63, 3.8) is 0 Å². The smallest absolute Gasteiger partial charge is 0.216 e. The standard InChI is InChI=1S/C8H6N2OS/c11-8(12)5-1-2-7-6(3-5)4-9-10-7/h1-4H,(H,9,10)(H,11,12). The average Bonchev–Trinajstić information content (AvgIpc) is 2.49. The fourth-order valence-electron chi connectivity index (χ4n) is 1.08. The molecule has 12 heavy (non-hydrogen) atoms. The van der Waals surface area contributed by atoms with Gasteiger partial charge in [-0.3, -0.25) is 9.89 Å². The van der Waals surface area contributed by atoms with Crippen molar-refractivity contribution in [1.29, 1.82) is 0 Å². The van der Waals surface area contributed by atoms with Crippen LogP contribution in [0.25, 0.3) is 10.9 Å². The normalized spacial score (nSPS) is 10.4. The Bertz CT molecular complexity index is 435. The zero-order valence-corrected chi connectivity index (χ0v) is 7.01. The van der Waals surface area contributed by atoms with Gasteiger partial charge in [-0.1, -0.05) is 0 Å². The number of H-pyrrole nitrogens is 1. The third kappa shape index (κ3) is 1.10. The molecule has 0 fully saturated rings. The van der Waals surface area contributed by atoms with E-state index in [0.717, 1.165) is 10.9 Å². The Kier molecular flexibility index (Phi) is 1.62. The van der Waals surface area contributed by atoms with Crippen molar-refractivity contribution in [3.8, 4) is 0 Å². The van der Waals surface area contributed by atoms with E-state index in [2.05, 4.69) is 22.8 Å². The predicted molar refractivity (Wildman–Crippen MR) is 49.4 cm³/mol. The molecule has 0 aliphatic carbocycles.